The fourth-order valence-electron chi connectivity index (χ4n) is 4.71. The summed E-state index contributed by atoms with van der Waals surface area (Å²) in [7, 11) is 1.89. The van der Waals surface area contributed by atoms with Gasteiger partial charge in [-0.3, -0.25) is 9.59 Å². The van der Waals surface area contributed by atoms with Crippen molar-refractivity contribution in [3.05, 3.63) is 29.8 Å². The average molecular weight is 387 g/mol. The molecule has 1 aromatic carbocycles. The maximum absolute atomic E-state index is 13.0. The van der Waals surface area contributed by atoms with Crippen molar-refractivity contribution >= 4 is 11.8 Å². The molecule has 2 heterocycles. The molecule has 0 radical (unpaired) electrons. The molecule has 0 bridgehead atoms. The van der Waals surface area contributed by atoms with Gasteiger partial charge < -0.3 is 14.5 Å². The number of carbonyl (C=O) groups excluding carboxylic acids is 2. The smallest absolute Gasteiger partial charge is 0.263 e. The van der Waals surface area contributed by atoms with E-state index >= 15 is 0 Å². The van der Waals surface area contributed by atoms with Crippen LogP contribution < -0.4 is 4.74 Å². The van der Waals surface area contributed by atoms with Crippen LogP contribution in [0.15, 0.2) is 24.3 Å². The number of hydrogen-bond donors (Lipinski definition) is 0. The maximum Gasteiger partial charge on any atom is 0.263 e. The third kappa shape index (κ3) is 4.68. The Morgan fingerprint density at radius 1 is 1.18 bits per heavy atom. The van der Waals surface area contributed by atoms with Gasteiger partial charge in [0.15, 0.2) is 6.10 Å². The Kier molecular flexibility index (Phi) is 6.63. The van der Waals surface area contributed by atoms with Gasteiger partial charge in [-0.25, -0.2) is 0 Å². The van der Waals surface area contributed by atoms with E-state index < -0.39 is 6.10 Å². The molecule has 28 heavy (non-hydrogen) atoms. The van der Waals surface area contributed by atoms with Crippen LogP contribution in [0.5, 0.6) is 5.75 Å². The van der Waals surface area contributed by atoms with Gasteiger partial charge in [-0.2, -0.15) is 0 Å². The molecule has 1 spiro atoms. The highest BCUT2D eigenvalue weighted by Gasteiger charge is 2.38. The largest absolute Gasteiger partial charge is 0.481 e. The number of aryl methyl sites for hydroxylation is 1. The summed E-state index contributed by atoms with van der Waals surface area (Å²) in [6, 6.07) is 8.07. The number of hydrogen-bond acceptors (Lipinski definition) is 3. The van der Waals surface area contributed by atoms with E-state index in [4.69, 9.17) is 4.74 Å². The summed E-state index contributed by atoms with van der Waals surface area (Å²) in [6.45, 7) is 6.13. The zero-order valence-corrected chi connectivity index (χ0v) is 17.6. The van der Waals surface area contributed by atoms with Crippen molar-refractivity contribution in [2.24, 2.45) is 5.41 Å². The molecule has 0 aromatic heterocycles. The number of likely N-dealkylation sites (tertiary alicyclic amines) is 1. The molecule has 0 N–H and O–H groups in total. The fourth-order valence-corrected chi connectivity index (χ4v) is 4.71. The Morgan fingerprint density at radius 2 is 1.89 bits per heavy atom. The van der Waals surface area contributed by atoms with Crippen molar-refractivity contribution < 1.29 is 14.3 Å². The van der Waals surface area contributed by atoms with Crippen LogP contribution >= 0.6 is 0 Å². The molecule has 1 atom stereocenters. The molecule has 2 amide bonds. The van der Waals surface area contributed by atoms with Crippen molar-refractivity contribution in [3.63, 3.8) is 0 Å². The molecule has 0 aliphatic carbocycles. The molecule has 0 saturated carbocycles. The van der Waals surface area contributed by atoms with Crippen LogP contribution in [0.2, 0.25) is 0 Å². The number of ether oxygens (including phenoxy) is 1. The van der Waals surface area contributed by atoms with Gasteiger partial charge in [0.05, 0.1) is 0 Å². The van der Waals surface area contributed by atoms with Crippen molar-refractivity contribution in [2.45, 2.75) is 64.9 Å². The van der Waals surface area contributed by atoms with Gasteiger partial charge in [0.2, 0.25) is 5.91 Å². The number of carbonyl (C=O) groups is 2. The molecular formula is C23H34N2O3. The molecule has 0 unspecified atom stereocenters. The lowest BCUT2D eigenvalue weighted by molar-refractivity contribution is -0.140. The van der Waals surface area contributed by atoms with Crippen molar-refractivity contribution in [1.82, 2.24) is 9.80 Å². The van der Waals surface area contributed by atoms with E-state index in [1.807, 2.05) is 48.9 Å². The summed E-state index contributed by atoms with van der Waals surface area (Å²) in [5, 5.41) is 0. The number of nitrogens with zero attached hydrogens (tertiary/aromatic N) is 2. The van der Waals surface area contributed by atoms with E-state index in [2.05, 4.69) is 6.07 Å². The van der Waals surface area contributed by atoms with Crippen LogP contribution in [0.3, 0.4) is 0 Å². The van der Waals surface area contributed by atoms with Gasteiger partial charge in [0, 0.05) is 33.1 Å². The number of para-hydroxylation sites is 1. The standard InChI is InChI=1S/C23H34N2O3/c1-4-21(26)25-15-13-23(14-16-25)12-8-7-10-19-9-5-6-11-20(19)28-18(2)22(27)24(3)17-23/h5-6,9,11,18H,4,7-8,10,12-17H2,1-3H3/t18-/m1/s1. The maximum atomic E-state index is 13.0. The van der Waals surface area contributed by atoms with Crippen molar-refractivity contribution in [3.8, 4) is 5.75 Å². The summed E-state index contributed by atoms with van der Waals surface area (Å²) in [5.74, 6) is 1.10. The third-order valence-electron chi connectivity index (χ3n) is 6.46. The third-order valence-corrected chi connectivity index (χ3v) is 6.46. The number of rotatable bonds is 1. The highest BCUT2D eigenvalue weighted by Crippen LogP contribution is 2.38. The lowest BCUT2D eigenvalue weighted by Crippen LogP contribution is -2.50. The second-order valence-electron chi connectivity index (χ2n) is 8.50. The molecule has 5 nitrogen and oxygen atoms in total. The number of benzene rings is 1. The topological polar surface area (TPSA) is 49.9 Å². The second kappa shape index (κ2) is 8.97. The van der Waals surface area contributed by atoms with Gasteiger partial charge in [0.1, 0.15) is 5.75 Å². The van der Waals surface area contributed by atoms with E-state index in [0.29, 0.717) is 6.42 Å². The summed E-state index contributed by atoms with van der Waals surface area (Å²) in [6.07, 6.45) is 6.35. The fraction of sp³-hybridized carbons (Fsp3) is 0.652. The molecule has 2 aliphatic rings. The van der Waals surface area contributed by atoms with Crippen LogP contribution in [-0.4, -0.2) is 54.4 Å². The molecule has 2 aliphatic heterocycles. The van der Waals surface area contributed by atoms with Crippen LogP contribution in [0.1, 0.15) is 57.9 Å². The Labute approximate surface area is 169 Å². The predicted molar refractivity (Wildman–Crippen MR) is 110 cm³/mol. The minimum atomic E-state index is -0.496. The highest BCUT2D eigenvalue weighted by molar-refractivity contribution is 5.80. The summed E-state index contributed by atoms with van der Waals surface area (Å²) in [4.78, 5) is 28.9. The van der Waals surface area contributed by atoms with E-state index in [1.54, 1.807) is 0 Å². The normalized spacial score (nSPS) is 23.4. The van der Waals surface area contributed by atoms with Crippen LogP contribution in [0, 0.1) is 5.41 Å². The Morgan fingerprint density at radius 3 is 2.61 bits per heavy atom. The van der Waals surface area contributed by atoms with E-state index in [9.17, 15) is 9.59 Å². The summed E-state index contributed by atoms with van der Waals surface area (Å²) < 4.78 is 6.05. The molecule has 1 fully saturated rings. The van der Waals surface area contributed by atoms with Gasteiger partial charge in [0.25, 0.3) is 5.91 Å². The molecule has 5 heteroatoms. The predicted octanol–water partition coefficient (Wildman–Crippen LogP) is 3.66. The minimum absolute atomic E-state index is 0.0295. The lowest BCUT2D eigenvalue weighted by atomic mass is 9.73. The van der Waals surface area contributed by atoms with Crippen LogP contribution in [0.4, 0.5) is 0 Å². The number of likely N-dealkylation sites (N-methyl/N-ethyl adjacent to an activating group) is 1. The first-order chi connectivity index (χ1) is 13.4. The highest BCUT2D eigenvalue weighted by atomic mass is 16.5. The lowest BCUT2D eigenvalue weighted by Gasteiger charge is -2.44. The Bertz CT molecular complexity index is 695. The molecule has 154 valence electrons. The summed E-state index contributed by atoms with van der Waals surface area (Å²) in [5.41, 5.74) is 1.29. The van der Waals surface area contributed by atoms with Crippen LogP contribution in [-0.2, 0) is 16.0 Å². The minimum Gasteiger partial charge on any atom is -0.481 e. The first-order valence-electron chi connectivity index (χ1n) is 10.7. The first kappa shape index (κ1) is 20.7. The first-order valence-corrected chi connectivity index (χ1v) is 10.7. The van der Waals surface area contributed by atoms with Gasteiger partial charge in [-0.15, -0.1) is 0 Å². The number of piperidine rings is 1. The summed E-state index contributed by atoms with van der Waals surface area (Å²) >= 11 is 0. The van der Waals surface area contributed by atoms with E-state index in [1.165, 1.54) is 5.56 Å². The zero-order chi connectivity index (χ0) is 20.1. The van der Waals surface area contributed by atoms with Crippen LogP contribution in [0.25, 0.3) is 0 Å². The SMILES string of the molecule is CCC(=O)N1CCC2(CCCCc3ccccc3O[C@H](C)C(=O)N(C)C2)CC1. The molecule has 1 saturated heterocycles. The molecular weight excluding hydrogens is 352 g/mol. The molecule has 1 aromatic rings. The van der Waals surface area contributed by atoms with Crippen molar-refractivity contribution in [1.29, 1.82) is 0 Å². The quantitative estimate of drug-likeness (QED) is 0.740. The van der Waals surface area contributed by atoms with Gasteiger partial charge in [-0.05, 0) is 56.1 Å². The van der Waals surface area contributed by atoms with E-state index in [0.717, 1.165) is 63.9 Å². The number of fused-ring (bicyclic) bond motifs is 1. The average Bonchev–Trinajstić information content (AvgIpc) is 2.71. The van der Waals surface area contributed by atoms with E-state index in [-0.39, 0.29) is 17.2 Å². The second-order valence-corrected chi connectivity index (χ2v) is 8.50. The zero-order valence-electron chi connectivity index (χ0n) is 17.6. The van der Waals surface area contributed by atoms with Gasteiger partial charge >= 0.3 is 0 Å². The Hall–Kier alpha value is -2.04. The van der Waals surface area contributed by atoms with Gasteiger partial charge in [-0.1, -0.05) is 31.5 Å². The monoisotopic (exact) mass is 386 g/mol. The van der Waals surface area contributed by atoms with Crippen molar-refractivity contribution in [2.75, 3.05) is 26.7 Å². The molecule has 3 rings (SSSR count). The Balaban J connectivity index is 1.76. The number of amides is 2.